The summed E-state index contributed by atoms with van der Waals surface area (Å²) in [5.74, 6) is -0.556. The van der Waals surface area contributed by atoms with E-state index >= 15 is 0 Å². The first-order valence-corrected chi connectivity index (χ1v) is 15.1. The summed E-state index contributed by atoms with van der Waals surface area (Å²) in [7, 11) is 3.31. The first-order valence-electron chi connectivity index (χ1n) is 14.3. The molecule has 2 aliphatic rings. The number of rotatable bonds is 8. The molecular weight excluding hydrogens is 608 g/mol. The summed E-state index contributed by atoms with van der Waals surface area (Å²) in [6, 6.07) is 8.64. The predicted molar refractivity (Wildman–Crippen MR) is 156 cm³/mol. The second kappa shape index (κ2) is 14.3. The van der Waals surface area contributed by atoms with Crippen molar-refractivity contribution < 1.29 is 40.7 Å². The van der Waals surface area contributed by atoms with E-state index in [0.717, 1.165) is 37.1 Å². The normalized spacial score (nSPS) is 17.2. The van der Waals surface area contributed by atoms with Crippen molar-refractivity contribution in [3.05, 3.63) is 59.2 Å². The monoisotopic (exact) mass is 643 g/mol. The van der Waals surface area contributed by atoms with Crippen LogP contribution in [0.25, 0.3) is 6.08 Å². The second-order valence-corrected chi connectivity index (χ2v) is 12.3. The molecule has 44 heavy (non-hydrogen) atoms. The number of likely N-dealkylation sites (tertiary alicyclic amines) is 1. The van der Waals surface area contributed by atoms with E-state index < -0.39 is 39.8 Å². The minimum atomic E-state index is -5.34. The molecule has 2 aromatic rings. The zero-order valence-corrected chi connectivity index (χ0v) is 25.2. The zero-order chi connectivity index (χ0) is 32.1. The number of hydrogen-bond donors (Lipinski definition) is 1. The molecule has 240 valence electrons. The molecule has 2 aromatic carbocycles. The lowest BCUT2D eigenvalue weighted by Gasteiger charge is -2.31. The summed E-state index contributed by atoms with van der Waals surface area (Å²) in [5, 5.41) is 3.31. The highest BCUT2D eigenvalue weighted by atomic mass is 32.2. The van der Waals surface area contributed by atoms with Gasteiger partial charge in [-0.05, 0) is 67.5 Å². The number of halogens is 6. The van der Waals surface area contributed by atoms with Gasteiger partial charge in [-0.15, -0.1) is 0 Å². The lowest BCUT2D eigenvalue weighted by Crippen LogP contribution is -2.38. The highest BCUT2D eigenvalue weighted by molar-refractivity contribution is 7.99. The van der Waals surface area contributed by atoms with Crippen LogP contribution in [-0.4, -0.2) is 68.1 Å². The molecule has 2 saturated heterocycles. The van der Waals surface area contributed by atoms with Crippen molar-refractivity contribution in [1.29, 1.82) is 0 Å². The van der Waals surface area contributed by atoms with Crippen molar-refractivity contribution in [2.75, 3.05) is 45.7 Å². The first-order chi connectivity index (χ1) is 20.7. The molecule has 2 heterocycles. The average Bonchev–Trinajstić information content (AvgIpc) is 2.96. The van der Waals surface area contributed by atoms with Crippen LogP contribution in [0.4, 0.5) is 32.0 Å². The van der Waals surface area contributed by atoms with E-state index in [-0.39, 0.29) is 17.9 Å². The maximum Gasteiger partial charge on any atom is 0.418 e. The molecule has 0 bridgehead atoms. The first kappa shape index (κ1) is 33.7. The number of carbonyl (C=O) groups is 2. The summed E-state index contributed by atoms with van der Waals surface area (Å²) in [4.78, 5) is 27.4. The molecule has 0 aromatic heterocycles. The number of hydrogen-bond acceptors (Lipinski definition) is 5. The van der Waals surface area contributed by atoms with E-state index in [1.54, 1.807) is 38.4 Å². The molecular formula is C31H35F6N3O3S. The van der Waals surface area contributed by atoms with Crippen LogP contribution in [0.15, 0.2) is 52.3 Å². The second-order valence-electron chi connectivity index (χ2n) is 11.2. The Hall–Kier alpha value is -3.19. The van der Waals surface area contributed by atoms with Gasteiger partial charge < -0.3 is 19.9 Å². The van der Waals surface area contributed by atoms with E-state index in [4.69, 9.17) is 4.74 Å². The fourth-order valence-corrected chi connectivity index (χ4v) is 6.36. The molecule has 2 aliphatic heterocycles. The highest BCUT2D eigenvalue weighted by Gasteiger charge is 2.46. The van der Waals surface area contributed by atoms with Gasteiger partial charge in [0.05, 0.1) is 11.1 Å². The Bertz CT molecular complexity index is 1350. The Morgan fingerprint density at radius 1 is 0.977 bits per heavy atom. The van der Waals surface area contributed by atoms with Gasteiger partial charge in [0.25, 0.3) is 0 Å². The fraction of sp³-hybridized carbons (Fsp3) is 0.484. The van der Waals surface area contributed by atoms with Crippen molar-refractivity contribution in [2.45, 2.75) is 60.3 Å². The van der Waals surface area contributed by atoms with Gasteiger partial charge in [0.1, 0.15) is 0 Å². The Kier molecular flexibility index (Phi) is 10.9. The van der Waals surface area contributed by atoms with Gasteiger partial charge in [-0.1, -0.05) is 23.9 Å². The lowest BCUT2D eigenvalue weighted by atomic mass is 9.93. The maximum absolute atomic E-state index is 14.3. The molecule has 13 heteroatoms. The summed E-state index contributed by atoms with van der Waals surface area (Å²) in [5.41, 5.74) is -3.72. The summed E-state index contributed by atoms with van der Waals surface area (Å²) >= 11 is 0.598. The number of amides is 2. The number of ether oxygens (including phenoxy) is 1. The molecule has 2 amide bonds. The van der Waals surface area contributed by atoms with Crippen LogP contribution in [0, 0.1) is 5.92 Å². The minimum absolute atomic E-state index is 0.0317. The van der Waals surface area contributed by atoms with E-state index in [9.17, 15) is 35.9 Å². The molecule has 2 fully saturated rings. The molecule has 1 N–H and O–H groups in total. The topological polar surface area (TPSA) is 61.9 Å². The summed E-state index contributed by atoms with van der Waals surface area (Å²) in [6.07, 6.45) is -6.02. The van der Waals surface area contributed by atoms with Crippen LogP contribution in [0.1, 0.15) is 48.8 Å². The van der Waals surface area contributed by atoms with E-state index in [1.165, 1.54) is 9.80 Å². The number of nitrogens with zero attached hydrogens (tertiary/aromatic N) is 2. The van der Waals surface area contributed by atoms with Gasteiger partial charge >= 0.3 is 12.4 Å². The van der Waals surface area contributed by atoms with E-state index in [2.05, 4.69) is 5.32 Å². The Morgan fingerprint density at radius 2 is 1.64 bits per heavy atom. The molecule has 4 rings (SSSR count). The van der Waals surface area contributed by atoms with Crippen molar-refractivity contribution in [2.24, 2.45) is 5.92 Å². The van der Waals surface area contributed by atoms with E-state index in [1.807, 2.05) is 0 Å². The molecule has 0 spiro atoms. The molecule has 0 aliphatic carbocycles. The standard InChI is InChI=1S/C31H35F6N3O3S/c1-39(2)27(42)18-20-10-14-40(15-11-20)26(41)9-7-21-6-8-25(29(31(35,36)37)28(21)30(32,33)34)44-24-5-3-4-23(19-24)38-22-12-16-43-17-13-22/h3-9,19-20,22,38H,10-18H2,1-2H3/b9-7+. The van der Waals surface area contributed by atoms with Crippen molar-refractivity contribution in [3.63, 3.8) is 0 Å². The molecule has 0 radical (unpaired) electrons. The van der Waals surface area contributed by atoms with Gasteiger partial charge in [0, 0.05) is 74.4 Å². The Morgan fingerprint density at radius 3 is 2.25 bits per heavy atom. The third-order valence-electron chi connectivity index (χ3n) is 7.71. The maximum atomic E-state index is 14.3. The SMILES string of the molecule is CN(C)C(=O)CC1CCN(C(=O)/C=C/c2ccc(Sc3cccc(NC4CCOCC4)c3)c(C(F)(F)F)c2C(F)(F)F)CC1. The molecule has 6 nitrogen and oxygen atoms in total. The van der Waals surface area contributed by atoms with Crippen LogP contribution in [0.3, 0.4) is 0 Å². The van der Waals surface area contributed by atoms with Crippen molar-refractivity contribution >= 4 is 35.3 Å². The zero-order valence-electron chi connectivity index (χ0n) is 24.4. The molecule has 0 saturated carbocycles. The number of anilines is 1. The van der Waals surface area contributed by atoms with Crippen LogP contribution in [-0.2, 0) is 26.7 Å². The van der Waals surface area contributed by atoms with Gasteiger partial charge in [-0.25, -0.2) is 0 Å². The lowest BCUT2D eigenvalue weighted by molar-refractivity contribution is -0.163. The van der Waals surface area contributed by atoms with Crippen LogP contribution < -0.4 is 5.32 Å². The average molecular weight is 644 g/mol. The summed E-state index contributed by atoms with van der Waals surface area (Å²) < 4.78 is 91.1. The summed E-state index contributed by atoms with van der Waals surface area (Å²) in [6.45, 7) is 1.77. The quantitative estimate of drug-likeness (QED) is 0.244. The van der Waals surface area contributed by atoms with Gasteiger partial charge in [0.15, 0.2) is 0 Å². The van der Waals surface area contributed by atoms with Crippen molar-refractivity contribution in [3.8, 4) is 0 Å². The molecule has 0 unspecified atom stereocenters. The van der Waals surface area contributed by atoms with Crippen LogP contribution >= 0.6 is 11.8 Å². The third-order valence-corrected chi connectivity index (χ3v) is 8.76. The number of alkyl halides is 6. The highest BCUT2D eigenvalue weighted by Crippen LogP contribution is 2.48. The smallest absolute Gasteiger partial charge is 0.382 e. The number of nitrogens with one attached hydrogen (secondary N) is 1. The number of carbonyl (C=O) groups excluding carboxylic acids is 2. The van der Waals surface area contributed by atoms with Crippen LogP contribution in [0.5, 0.6) is 0 Å². The molecule has 0 atom stereocenters. The Balaban J connectivity index is 1.55. The number of benzene rings is 2. The van der Waals surface area contributed by atoms with Crippen molar-refractivity contribution in [1.82, 2.24) is 9.80 Å². The fourth-order valence-electron chi connectivity index (χ4n) is 5.32. The van der Waals surface area contributed by atoms with Gasteiger partial charge in [-0.2, -0.15) is 26.3 Å². The minimum Gasteiger partial charge on any atom is -0.382 e. The largest absolute Gasteiger partial charge is 0.418 e. The van der Waals surface area contributed by atoms with Crippen LogP contribution in [0.2, 0.25) is 0 Å². The van der Waals surface area contributed by atoms with Gasteiger partial charge in [0.2, 0.25) is 11.8 Å². The Labute approximate surface area is 256 Å². The third kappa shape index (κ3) is 8.93. The predicted octanol–water partition coefficient (Wildman–Crippen LogP) is 7.20. The van der Waals surface area contributed by atoms with E-state index in [0.29, 0.717) is 67.9 Å². The van der Waals surface area contributed by atoms with Gasteiger partial charge in [-0.3, -0.25) is 9.59 Å². The number of piperidine rings is 1.